The number of phenolic OH excluding ortho intramolecular Hbond substituents is 1. The molecule has 1 aromatic heterocycles. The minimum Gasteiger partial charge on any atom is -0.508 e. The number of benzene rings is 1. The van der Waals surface area contributed by atoms with E-state index < -0.39 is 6.10 Å². The van der Waals surface area contributed by atoms with Gasteiger partial charge in [-0.05, 0) is 110 Å². The van der Waals surface area contributed by atoms with Crippen LogP contribution >= 0.6 is 0 Å². The Hall–Kier alpha value is -1.95. The lowest BCUT2D eigenvalue weighted by Gasteiger charge is -2.50. The normalized spacial score (nSPS) is 33.7. The Morgan fingerprint density at radius 3 is 2.80 bits per heavy atom. The minimum absolute atomic E-state index is 0.0786. The van der Waals surface area contributed by atoms with Gasteiger partial charge in [0.15, 0.2) is 0 Å². The largest absolute Gasteiger partial charge is 0.508 e. The van der Waals surface area contributed by atoms with Crippen molar-refractivity contribution in [3.63, 3.8) is 0 Å². The van der Waals surface area contributed by atoms with Gasteiger partial charge in [-0.3, -0.25) is 4.98 Å². The summed E-state index contributed by atoms with van der Waals surface area (Å²) in [7, 11) is 0. The van der Waals surface area contributed by atoms with Gasteiger partial charge in [-0.25, -0.2) is 0 Å². The number of aliphatic hydroxyl groups excluding tert-OH is 2. The number of aliphatic hydroxyl groups is 2. The van der Waals surface area contributed by atoms with Gasteiger partial charge < -0.3 is 20.6 Å². The van der Waals surface area contributed by atoms with Crippen molar-refractivity contribution in [1.29, 1.82) is 0 Å². The summed E-state index contributed by atoms with van der Waals surface area (Å²) in [6.07, 6.45) is 10.5. The second-order valence-corrected chi connectivity index (χ2v) is 11.7. The molecule has 6 atom stereocenters. The Morgan fingerprint density at radius 2 is 2.00 bits per heavy atom. The van der Waals surface area contributed by atoms with Crippen molar-refractivity contribution >= 4 is 0 Å². The molecule has 0 amide bonds. The number of phenols is 1. The van der Waals surface area contributed by atoms with E-state index in [2.05, 4.69) is 29.4 Å². The molecule has 4 N–H and O–H groups in total. The second-order valence-electron chi connectivity index (χ2n) is 11.7. The predicted molar refractivity (Wildman–Crippen MR) is 138 cm³/mol. The highest BCUT2D eigenvalue weighted by Crippen LogP contribution is 2.66. The molecule has 0 bridgehead atoms. The molecule has 0 aliphatic heterocycles. The molecule has 2 fully saturated rings. The summed E-state index contributed by atoms with van der Waals surface area (Å²) in [5.41, 5.74) is 3.34. The lowest BCUT2D eigenvalue weighted by atomic mass is 9.55. The monoisotopic (exact) mass is 478 g/mol. The Morgan fingerprint density at radius 1 is 1.11 bits per heavy atom. The molecule has 0 saturated heterocycles. The fourth-order valence-electron chi connectivity index (χ4n) is 7.97. The van der Waals surface area contributed by atoms with Crippen molar-refractivity contribution in [3.8, 4) is 5.75 Å². The molecule has 5 rings (SSSR count). The maximum Gasteiger partial charge on any atom is 0.115 e. The van der Waals surface area contributed by atoms with Crippen molar-refractivity contribution in [3.05, 3.63) is 59.4 Å². The molecule has 1 aromatic carbocycles. The zero-order valence-corrected chi connectivity index (χ0v) is 21.1. The number of nitrogens with one attached hydrogen (secondary N) is 1. The predicted octanol–water partition coefficient (Wildman–Crippen LogP) is 4.60. The molecule has 3 aliphatic carbocycles. The third-order valence-electron chi connectivity index (χ3n) is 9.86. The van der Waals surface area contributed by atoms with E-state index in [9.17, 15) is 15.3 Å². The van der Waals surface area contributed by atoms with Gasteiger partial charge in [0.25, 0.3) is 0 Å². The first-order valence-corrected chi connectivity index (χ1v) is 13.7. The smallest absolute Gasteiger partial charge is 0.115 e. The third kappa shape index (κ3) is 4.63. The Bertz CT molecular complexity index is 998. The fraction of sp³-hybridized carbons (Fsp3) is 0.633. The van der Waals surface area contributed by atoms with Gasteiger partial charge in [0.1, 0.15) is 5.75 Å². The van der Waals surface area contributed by atoms with Gasteiger partial charge in [0.2, 0.25) is 0 Å². The summed E-state index contributed by atoms with van der Waals surface area (Å²) in [5.74, 6) is 1.89. The van der Waals surface area contributed by atoms with Gasteiger partial charge in [0, 0.05) is 30.3 Å². The maximum atomic E-state index is 11.7. The number of aromatic hydroxyl groups is 1. The summed E-state index contributed by atoms with van der Waals surface area (Å²) >= 11 is 0. The SMILES string of the molecule is C[C@]12CC[C@@H]3c4ccc(O)cc4CC[C@H]3[C@@H]1C[C@@](CO)(CCCCNCCc1ccccn1)[C@@H]2O. The fourth-order valence-corrected chi connectivity index (χ4v) is 7.97. The van der Waals surface area contributed by atoms with E-state index in [1.807, 2.05) is 30.5 Å². The van der Waals surface area contributed by atoms with E-state index in [0.717, 1.165) is 76.6 Å². The minimum atomic E-state index is -0.440. The van der Waals surface area contributed by atoms with Crippen LogP contribution in [0.25, 0.3) is 0 Å². The van der Waals surface area contributed by atoms with Crippen LogP contribution in [0.5, 0.6) is 5.75 Å². The molecule has 2 saturated carbocycles. The van der Waals surface area contributed by atoms with Crippen LogP contribution in [-0.4, -0.2) is 46.1 Å². The molecular formula is C30H42N2O3. The van der Waals surface area contributed by atoms with Crippen molar-refractivity contribution in [2.45, 2.75) is 76.7 Å². The van der Waals surface area contributed by atoms with Crippen LogP contribution in [0.2, 0.25) is 0 Å². The van der Waals surface area contributed by atoms with Crippen molar-refractivity contribution in [1.82, 2.24) is 10.3 Å². The highest BCUT2D eigenvalue weighted by atomic mass is 16.3. The average molecular weight is 479 g/mol. The van der Waals surface area contributed by atoms with Crippen LogP contribution in [0, 0.1) is 22.7 Å². The molecule has 0 spiro atoms. The average Bonchev–Trinajstić information content (AvgIpc) is 3.11. The number of rotatable bonds is 9. The van der Waals surface area contributed by atoms with E-state index >= 15 is 0 Å². The number of nitrogens with zero attached hydrogens (tertiary/aromatic N) is 1. The lowest BCUT2D eigenvalue weighted by molar-refractivity contribution is -0.0715. The van der Waals surface area contributed by atoms with Gasteiger partial charge >= 0.3 is 0 Å². The second kappa shape index (κ2) is 10.2. The molecular weight excluding hydrogens is 436 g/mol. The molecule has 3 aliphatic rings. The van der Waals surface area contributed by atoms with Crippen LogP contribution < -0.4 is 5.32 Å². The van der Waals surface area contributed by atoms with Crippen LogP contribution in [0.4, 0.5) is 0 Å². The Labute approximate surface area is 210 Å². The summed E-state index contributed by atoms with van der Waals surface area (Å²) < 4.78 is 0. The van der Waals surface area contributed by atoms with E-state index in [1.54, 1.807) is 0 Å². The Balaban J connectivity index is 1.18. The highest BCUT2D eigenvalue weighted by molar-refractivity contribution is 5.40. The molecule has 190 valence electrons. The Kier molecular flexibility index (Phi) is 7.20. The molecule has 35 heavy (non-hydrogen) atoms. The van der Waals surface area contributed by atoms with Crippen molar-refractivity contribution in [2.24, 2.45) is 22.7 Å². The summed E-state index contributed by atoms with van der Waals surface area (Å²) in [5, 5.41) is 35.7. The van der Waals surface area contributed by atoms with Crippen molar-refractivity contribution in [2.75, 3.05) is 19.7 Å². The summed E-state index contributed by atoms with van der Waals surface area (Å²) in [4.78, 5) is 4.37. The van der Waals surface area contributed by atoms with E-state index in [1.165, 1.54) is 11.1 Å². The van der Waals surface area contributed by atoms with Gasteiger partial charge in [-0.1, -0.05) is 25.5 Å². The van der Waals surface area contributed by atoms with E-state index in [4.69, 9.17) is 0 Å². The van der Waals surface area contributed by atoms with Gasteiger partial charge in [0.05, 0.1) is 12.7 Å². The van der Waals surface area contributed by atoms with Crippen LogP contribution in [0.15, 0.2) is 42.6 Å². The summed E-state index contributed by atoms with van der Waals surface area (Å²) in [6.45, 7) is 4.25. The van der Waals surface area contributed by atoms with Gasteiger partial charge in [-0.2, -0.15) is 0 Å². The van der Waals surface area contributed by atoms with E-state index in [0.29, 0.717) is 23.5 Å². The first-order valence-electron chi connectivity index (χ1n) is 13.7. The summed E-state index contributed by atoms with van der Waals surface area (Å²) in [6, 6.07) is 12.0. The van der Waals surface area contributed by atoms with Crippen LogP contribution in [-0.2, 0) is 12.8 Å². The number of hydrogen-bond donors (Lipinski definition) is 4. The number of hydrogen-bond acceptors (Lipinski definition) is 5. The van der Waals surface area contributed by atoms with Crippen LogP contribution in [0.1, 0.15) is 74.6 Å². The van der Waals surface area contributed by atoms with E-state index in [-0.39, 0.29) is 17.4 Å². The molecule has 2 aromatic rings. The van der Waals surface area contributed by atoms with Gasteiger partial charge in [-0.15, -0.1) is 0 Å². The number of pyridine rings is 1. The molecule has 1 heterocycles. The first-order chi connectivity index (χ1) is 17.0. The quantitative estimate of drug-likeness (QED) is 0.396. The zero-order chi connectivity index (χ0) is 24.5. The number of fused-ring (bicyclic) bond motifs is 5. The third-order valence-corrected chi connectivity index (χ3v) is 9.86. The highest BCUT2D eigenvalue weighted by Gasteiger charge is 2.63. The zero-order valence-electron chi connectivity index (χ0n) is 21.1. The molecule has 5 heteroatoms. The van der Waals surface area contributed by atoms with Crippen LogP contribution in [0.3, 0.4) is 0 Å². The standard InChI is InChI=1S/C30H42N2O3/c1-29-14-11-25-24-10-8-23(34)18-21(24)7-9-26(25)27(29)19-30(20-33,28(29)35)13-3-5-15-31-17-12-22-6-2-4-16-32-22/h2,4,6,8,10,16,18,25-28,31,33-35H,3,5,7,9,11-15,17,19-20H2,1H3/t25-,26-,27+,28-,29+,30-/m1/s1. The first kappa shape index (κ1) is 24.7. The number of aromatic nitrogens is 1. The molecule has 0 unspecified atom stereocenters. The lowest BCUT2D eigenvalue weighted by Crippen LogP contribution is -2.46. The van der Waals surface area contributed by atoms with Crippen molar-refractivity contribution < 1.29 is 15.3 Å². The molecule has 0 radical (unpaired) electrons. The molecule has 5 nitrogen and oxygen atoms in total. The number of aryl methyl sites for hydroxylation is 1. The maximum absolute atomic E-state index is 11.7. The number of unbranched alkanes of at least 4 members (excludes halogenated alkanes) is 1. The topological polar surface area (TPSA) is 85.6 Å².